The van der Waals surface area contributed by atoms with Gasteiger partial charge in [0, 0.05) is 38.5 Å². The average Bonchev–Trinajstić information content (AvgIpc) is 3.55. The van der Waals surface area contributed by atoms with Crippen molar-refractivity contribution >= 4 is 5.91 Å². The fourth-order valence-corrected chi connectivity index (χ4v) is 4.65. The molecule has 0 N–H and O–H groups in total. The maximum Gasteiger partial charge on any atom is 0.419 e. The van der Waals surface area contributed by atoms with Gasteiger partial charge in [-0.25, -0.2) is 9.37 Å². The van der Waals surface area contributed by atoms with Gasteiger partial charge in [0.2, 0.25) is 11.8 Å². The summed E-state index contributed by atoms with van der Waals surface area (Å²) in [7, 11) is 0. The van der Waals surface area contributed by atoms with Gasteiger partial charge in [0.15, 0.2) is 0 Å². The highest BCUT2D eigenvalue weighted by molar-refractivity contribution is 5.82. The van der Waals surface area contributed by atoms with Crippen molar-refractivity contribution in [2.24, 2.45) is 0 Å². The number of alkyl halides is 3. The molecule has 33 heavy (non-hydrogen) atoms. The van der Waals surface area contributed by atoms with E-state index in [-0.39, 0.29) is 24.6 Å². The molecule has 5 rings (SSSR count). The summed E-state index contributed by atoms with van der Waals surface area (Å²) in [4.78, 5) is 25.6. The van der Waals surface area contributed by atoms with Crippen molar-refractivity contribution in [3.05, 3.63) is 53.2 Å². The van der Waals surface area contributed by atoms with Gasteiger partial charge in [-0.15, -0.1) is 0 Å². The molecule has 0 radical (unpaired) electrons. The summed E-state index contributed by atoms with van der Waals surface area (Å²) < 4.78 is 58.4. The zero-order chi connectivity index (χ0) is 23.2. The lowest BCUT2D eigenvalue weighted by Gasteiger charge is -2.25. The van der Waals surface area contributed by atoms with E-state index in [0.29, 0.717) is 49.8 Å². The SMILES string of the molecule is O=C1[C@H]2C[C@@H](Oc3cnc(C4CC4)cn3)CN2CCCN1Cc1ccc(C(F)(F)F)c(F)c1. The van der Waals surface area contributed by atoms with Crippen LogP contribution in [0.1, 0.15) is 48.4 Å². The Labute approximate surface area is 188 Å². The van der Waals surface area contributed by atoms with E-state index in [0.717, 1.165) is 30.7 Å². The molecule has 0 unspecified atom stereocenters. The Morgan fingerprint density at radius 1 is 1.12 bits per heavy atom. The summed E-state index contributed by atoms with van der Waals surface area (Å²) in [6.45, 7) is 1.83. The molecule has 1 saturated carbocycles. The smallest absolute Gasteiger partial charge is 0.419 e. The number of aromatic nitrogens is 2. The van der Waals surface area contributed by atoms with E-state index in [2.05, 4.69) is 14.9 Å². The van der Waals surface area contributed by atoms with Gasteiger partial charge in [0.1, 0.15) is 11.9 Å². The van der Waals surface area contributed by atoms with Gasteiger partial charge in [-0.05, 0) is 37.0 Å². The van der Waals surface area contributed by atoms with Crippen molar-refractivity contribution in [1.29, 1.82) is 0 Å². The molecule has 2 atom stereocenters. The van der Waals surface area contributed by atoms with Crippen LogP contribution >= 0.6 is 0 Å². The Hall–Kier alpha value is -2.75. The van der Waals surface area contributed by atoms with Crippen molar-refractivity contribution in [3.63, 3.8) is 0 Å². The first-order valence-electron chi connectivity index (χ1n) is 11.1. The van der Waals surface area contributed by atoms with Crippen LogP contribution in [0.2, 0.25) is 0 Å². The number of rotatable bonds is 5. The third-order valence-electron chi connectivity index (χ3n) is 6.48. The van der Waals surface area contributed by atoms with E-state index in [1.165, 1.54) is 6.07 Å². The fraction of sp³-hybridized carbons (Fsp3) is 0.522. The van der Waals surface area contributed by atoms with Gasteiger partial charge < -0.3 is 9.64 Å². The lowest BCUT2D eigenvalue weighted by molar-refractivity contribution is -0.140. The van der Waals surface area contributed by atoms with Crippen LogP contribution in [0.4, 0.5) is 17.6 Å². The molecule has 3 heterocycles. The van der Waals surface area contributed by atoms with Crippen LogP contribution in [-0.2, 0) is 17.5 Å². The highest BCUT2D eigenvalue weighted by Crippen LogP contribution is 2.38. The van der Waals surface area contributed by atoms with Crippen LogP contribution in [0.25, 0.3) is 0 Å². The number of carbonyl (C=O) groups excluding carboxylic acids is 1. The summed E-state index contributed by atoms with van der Waals surface area (Å²) in [5, 5.41) is 0. The van der Waals surface area contributed by atoms with Gasteiger partial charge in [-0.3, -0.25) is 14.7 Å². The standard InChI is InChI=1S/C23H24F4N4O2/c24-18-8-14(2-5-17(18)23(25,26)27)12-31-7-1-6-30-13-16(9-20(30)22(31)32)33-21-11-28-19(10-29-21)15-3-4-15/h2,5,8,10-11,15-16,20H,1,3-4,6-7,9,12-13H2/t16-,20-/m1/s1. The van der Waals surface area contributed by atoms with Crippen LogP contribution in [-0.4, -0.2) is 57.5 Å². The molecule has 176 valence electrons. The Morgan fingerprint density at radius 3 is 2.61 bits per heavy atom. The summed E-state index contributed by atoms with van der Waals surface area (Å²) in [6.07, 6.45) is 1.92. The molecule has 1 aromatic heterocycles. The number of benzene rings is 1. The second-order valence-electron chi connectivity index (χ2n) is 8.97. The van der Waals surface area contributed by atoms with Crippen molar-refractivity contribution in [3.8, 4) is 5.88 Å². The maximum absolute atomic E-state index is 14.0. The van der Waals surface area contributed by atoms with Gasteiger partial charge >= 0.3 is 6.18 Å². The summed E-state index contributed by atoms with van der Waals surface area (Å²) >= 11 is 0. The maximum atomic E-state index is 14.0. The summed E-state index contributed by atoms with van der Waals surface area (Å²) in [5.41, 5.74) is 0.0102. The number of hydrogen-bond acceptors (Lipinski definition) is 5. The molecule has 10 heteroatoms. The molecule has 1 amide bonds. The molecular weight excluding hydrogens is 440 g/mol. The Balaban J connectivity index is 1.23. The van der Waals surface area contributed by atoms with E-state index in [4.69, 9.17) is 4.74 Å². The zero-order valence-electron chi connectivity index (χ0n) is 17.9. The molecule has 0 bridgehead atoms. The number of hydrogen-bond donors (Lipinski definition) is 0. The van der Waals surface area contributed by atoms with Crippen LogP contribution in [0.5, 0.6) is 5.88 Å². The summed E-state index contributed by atoms with van der Waals surface area (Å²) in [6, 6.07) is 2.44. The van der Waals surface area contributed by atoms with Gasteiger partial charge in [-0.2, -0.15) is 13.2 Å². The predicted octanol–water partition coefficient (Wildman–Crippen LogP) is 3.77. The molecule has 2 aliphatic heterocycles. The van der Waals surface area contributed by atoms with Crippen molar-refractivity contribution in [2.75, 3.05) is 19.6 Å². The predicted molar refractivity (Wildman–Crippen MR) is 110 cm³/mol. The highest BCUT2D eigenvalue weighted by atomic mass is 19.4. The summed E-state index contributed by atoms with van der Waals surface area (Å²) in [5.74, 6) is -0.495. The largest absolute Gasteiger partial charge is 0.472 e. The lowest BCUT2D eigenvalue weighted by Crippen LogP contribution is -2.42. The molecule has 1 aliphatic carbocycles. The number of ether oxygens (including phenoxy) is 1. The van der Waals surface area contributed by atoms with E-state index >= 15 is 0 Å². The van der Waals surface area contributed by atoms with E-state index in [1.54, 1.807) is 17.3 Å². The second kappa shape index (κ2) is 8.55. The highest BCUT2D eigenvalue weighted by Gasteiger charge is 2.41. The van der Waals surface area contributed by atoms with Gasteiger partial charge in [0.05, 0.1) is 29.7 Å². The van der Waals surface area contributed by atoms with Crippen molar-refractivity contribution in [1.82, 2.24) is 19.8 Å². The van der Waals surface area contributed by atoms with Gasteiger partial charge in [0.25, 0.3) is 0 Å². The Kier molecular flexibility index (Phi) is 5.72. The van der Waals surface area contributed by atoms with E-state index in [9.17, 15) is 22.4 Å². The first-order chi connectivity index (χ1) is 15.8. The first kappa shape index (κ1) is 22.1. The minimum absolute atomic E-state index is 0.0673. The second-order valence-corrected chi connectivity index (χ2v) is 8.97. The van der Waals surface area contributed by atoms with Gasteiger partial charge in [-0.1, -0.05) is 6.07 Å². The van der Waals surface area contributed by atoms with Crippen molar-refractivity contribution in [2.45, 2.75) is 56.5 Å². The topological polar surface area (TPSA) is 58.6 Å². The molecule has 1 aromatic carbocycles. The minimum Gasteiger partial charge on any atom is -0.472 e. The van der Waals surface area contributed by atoms with Crippen LogP contribution in [0, 0.1) is 5.82 Å². The average molecular weight is 464 g/mol. The Morgan fingerprint density at radius 2 is 1.94 bits per heavy atom. The number of nitrogens with zero attached hydrogens (tertiary/aromatic N) is 4. The third-order valence-corrected chi connectivity index (χ3v) is 6.48. The molecule has 2 saturated heterocycles. The van der Waals surface area contributed by atoms with Crippen molar-refractivity contribution < 1.29 is 27.1 Å². The van der Waals surface area contributed by atoms with E-state index < -0.39 is 17.6 Å². The molecule has 3 fully saturated rings. The fourth-order valence-electron chi connectivity index (χ4n) is 4.65. The lowest BCUT2D eigenvalue weighted by atomic mass is 10.1. The molecule has 6 nitrogen and oxygen atoms in total. The molecule has 2 aromatic rings. The minimum atomic E-state index is -4.75. The molecule has 3 aliphatic rings. The quantitative estimate of drug-likeness (QED) is 0.631. The first-order valence-corrected chi connectivity index (χ1v) is 11.1. The third kappa shape index (κ3) is 4.80. The number of fused-ring (bicyclic) bond motifs is 1. The van der Waals surface area contributed by atoms with E-state index in [1.807, 2.05) is 0 Å². The molecule has 0 spiro atoms. The van der Waals surface area contributed by atoms with Crippen LogP contribution in [0.3, 0.4) is 0 Å². The van der Waals surface area contributed by atoms with Crippen LogP contribution in [0.15, 0.2) is 30.6 Å². The zero-order valence-corrected chi connectivity index (χ0v) is 17.9. The number of halogens is 4. The molecular formula is C23H24F4N4O2. The Bertz CT molecular complexity index is 1030. The monoisotopic (exact) mass is 464 g/mol. The number of carbonyl (C=O) groups is 1. The van der Waals surface area contributed by atoms with Crippen LogP contribution < -0.4 is 4.74 Å². The normalized spacial score (nSPS) is 24.0. The number of amides is 1.